The van der Waals surface area contributed by atoms with Crippen LogP contribution in [0, 0.1) is 13.8 Å². The summed E-state index contributed by atoms with van der Waals surface area (Å²) >= 11 is 1.50. The summed E-state index contributed by atoms with van der Waals surface area (Å²) in [6.45, 7) is 5.45. The molecule has 0 spiro atoms. The van der Waals surface area contributed by atoms with Crippen LogP contribution in [0.4, 0.5) is 5.69 Å². The lowest BCUT2D eigenvalue weighted by Gasteiger charge is -2.31. The van der Waals surface area contributed by atoms with Gasteiger partial charge in [0.15, 0.2) is 6.61 Å². The van der Waals surface area contributed by atoms with Crippen molar-refractivity contribution in [2.75, 3.05) is 25.0 Å². The van der Waals surface area contributed by atoms with Gasteiger partial charge in [-0.3, -0.25) is 14.6 Å². The highest BCUT2D eigenvalue weighted by atomic mass is 32.1. The second kappa shape index (κ2) is 9.91. The fraction of sp³-hybridized carbons (Fsp3) is 0.333. The van der Waals surface area contributed by atoms with Crippen LogP contribution in [0.2, 0.25) is 0 Å². The molecule has 0 saturated carbocycles. The Hall–Kier alpha value is -3.26. The molecule has 1 aromatic carbocycles. The van der Waals surface area contributed by atoms with Gasteiger partial charge in [0, 0.05) is 30.6 Å². The van der Waals surface area contributed by atoms with Crippen LogP contribution in [-0.4, -0.2) is 46.4 Å². The first-order valence-corrected chi connectivity index (χ1v) is 11.5. The Kier molecular flexibility index (Phi) is 6.80. The summed E-state index contributed by atoms with van der Waals surface area (Å²) < 4.78 is 5.70. The maximum atomic E-state index is 12.6. The number of anilines is 1. The SMILES string of the molecule is Cc1ccc(OCC(=O)N2CCC(c3nc(C(=O)Nc4cccnc4)cs3)CC2)cc1C. The number of hydrogen-bond acceptors (Lipinski definition) is 6. The fourth-order valence-corrected chi connectivity index (χ4v) is 4.60. The molecular formula is C24H26N4O3S. The number of likely N-dealkylation sites (tertiary alicyclic amines) is 1. The van der Waals surface area contributed by atoms with E-state index in [4.69, 9.17) is 4.74 Å². The van der Waals surface area contributed by atoms with Gasteiger partial charge in [-0.2, -0.15) is 0 Å². The number of nitrogens with one attached hydrogen (secondary N) is 1. The predicted molar refractivity (Wildman–Crippen MR) is 124 cm³/mol. The summed E-state index contributed by atoms with van der Waals surface area (Å²) in [4.78, 5) is 35.4. The first-order chi connectivity index (χ1) is 15.5. The van der Waals surface area contributed by atoms with Crippen molar-refractivity contribution in [3.05, 3.63) is 69.9 Å². The standard InChI is InChI=1S/C24H26N4O3S/c1-16-5-6-20(12-17(16)2)31-14-22(29)28-10-7-18(8-11-28)24-27-21(15-32-24)23(30)26-19-4-3-9-25-13-19/h3-6,9,12-13,15,18H,7-8,10-11,14H2,1-2H3,(H,26,30). The minimum atomic E-state index is -0.239. The van der Waals surface area contributed by atoms with Gasteiger partial charge < -0.3 is 15.0 Å². The molecule has 0 aliphatic carbocycles. The van der Waals surface area contributed by atoms with Crippen LogP contribution in [0.3, 0.4) is 0 Å². The molecule has 2 amide bonds. The molecule has 1 fully saturated rings. The van der Waals surface area contributed by atoms with E-state index in [0.717, 1.165) is 29.2 Å². The van der Waals surface area contributed by atoms with Crippen molar-refractivity contribution < 1.29 is 14.3 Å². The Labute approximate surface area is 191 Å². The number of aryl methyl sites for hydroxylation is 2. The van der Waals surface area contributed by atoms with Crippen molar-refractivity contribution in [2.45, 2.75) is 32.6 Å². The number of pyridine rings is 1. The maximum absolute atomic E-state index is 12.6. The van der Waals surface area contributed by atoms with Crippen molar-refractivity contribution in [2.24, 2.45) is 0 Å². The normalized spacial score (nSPS) is 14.2. The van der Waals surface area contributed by atoms with Gasteiger partial charge in [0.05, 0.1) is 16.9 Å². The molecule has 4 rings (SSSR count). The van der Waals surface area contributed by atoms with E-state index in [1.54, 1.807) is 29.9 Å². The average Bonchev–Trinajstić information content (AvgIpc) is 3.31. The van der Waals surface area contributed by atoms with Gasteiger partial charge in [0.2, 0.25) is 0 Å². The number of benzene rings is 1. The molecule has 32 heavy (non-hydrogen) atoms. The molecule has 3 aromatic rings. The molecule has 0 unspecified atom stereocenters. The van der Waals surface area contributed by atoms with E-state index in [1.807, 2.05) is 36.9 Å². The highest BCUT2D eigenvalue weighted by Crippen LogP contribution is 2.30. The summed E-state index contributed by atoms with van der Waals surface area (Å²) in [5.41, 5.74) is 3.40. The highest BCUT2D eigenvalue weighted by Gasteiger charge is 2.26. The molecule has 0 bridgehead atoms. The predicted octanol–water partition coefficient (Wildman–Crippen LogP) is 4.19. The fourth-order valence-electron chi connectivity index (χ4n) is 3.63. The monoisotopic (exact) mass is 450 g/mol. The first-order valence-electron chi connectivity index (χ1n) is 10.6. The Balaban J connectivity index is 1.26. The van der Waals surface area contributed by atoms with Crippen LogP contribution in [0.25, 0.3) is 0 Å². The van der Waals surface area contributed by atoms with E-state index < -0.39 is 0 Å². The highest BCUT2D eigenvalue weighted by molar-refractivity contribution is 7.10. The Bertz CT molecular complexity index is 1090. The summed E-state index contributed by atoms with van der Waals surface area (Å²) in [7, 11) is 0. The third-order valence-corrected chi connectivity index (χ3v) is 6.72. The third kappa shape index (κ3) is 5.31. The van der Waals surface area contributed by atoms with Gasteiger partial charge >= 0.3 is 0 Å². The first kappa shape index (κ1) is 22.0. The van der Waals surface area contributed by atoms with E-state index in [2.05, 4.69) is 15.3 Å². The smallest absolute Gasteiger partial charge is 0.275 e. The van der Waals surface area contributed by atoms with E-state index >= 15 is 0 Å². The molecule has 3 heterocycles. The van der Waals surface area contributed by atoms with Crippen LogP contribution >= 0.6 is 11.3 Å². The second-order valence-electron chi connectivity index (χ2n) is 7.96. The average molecular weight is 451 g/mol. The number of aromatic nitrogens is 2. The molecule has 8 heteroatoms. The van der Waals surface area contributed by atoms with Crippen LogP contribution in [-0.2, 0) is 4.79 Å². The number of carbonyl (C=O) groups is 2. The van der Waals surface area contributed by atoms with E-state index in [9.17, 15) is 9.59 Å². The Morgan fingerprint density at radius 2 is 2.00 bits per heavy atom. The van der Waals surface area contributed by atoms with Crippen LogP contribution < -0.4 is 10.1 Å². The zero-order chi connectivity index (χ0) is 22.5. The van der Waals surface area contributed by atoms with Crippen LogP contribution in [0.1, 0.15) is 45.4 Å². The lowest BCUT2D eigenvalue weighted by Crippen LogP contribution is -2.40. The number of carbonyl (C=O) groups excluding carboxylic acids is 2. The molecule has 1 saturated heterocycles. The lowest BCUT2D eigenvalue weighted by molar-refractivity contribution is -0.134. The number of piperidine rings is 1. The van der Waals surface area contributed by atoms with Crippen LogP contribution in [0.15, 0.2) is 48.1 Å². The second-order valence-corrected chi connectivity index (χ2v) is 8.85. The molecule has 1 aliphatic rings. The summed E-state index contributed by atoms with van der Waals surface area (Å²) in [5.74, 6) is 0.731. The Morgan fingerprint density at radius 1 is 1.19 bits per heavy atom. The number of ether oxygens (including phenoxy) is 1. The number of nitrogens with zero attached hydrogens (tertiary/aromatic N) is 3. The summed E-state index contributed by atoms with van der Waals surface area (Å²) in [5, 5.41) is 5.54. The molecule has 166 valence electrons. The third-order valence-electron chi connectivity index (χ3n) is 5.71. The van der Waals surface area contributed by atoms with Crippen LogP contribution in [0.5, 0.6) is 5.75 Å². The Morgan fingerprint density at radius 3 is 2.72 bits per heavy atom. The maximum Gasteiger partial charge on any atom is 0.275 e. The van der Waals surface area contributed by atoms with Gasteiger partial charge in [0.1, 0.15) is 11.4 Å². The molecule has 7 nitrogen and oxygen atoms in total. The lowest BCUT2D eigenvalue weighted by atomic mass is 9.97. The number of amides is 2. The van der Waals surface area contributed by atoms with E-state index in [-0.39, 0.29) is 24.3 Å². The number of hydrogen-bond donors (Lipinski definition) is 1. The molecular weight excluding hydrogens is 424 g/mol. The van der Waals surface area contributed by atoms with E-state index in [0.29, 0.717) is 24.5 Å². The topological polar surface area (TPSA) is 84.4 Å². The van der Waals surface area contributed by atoms with E-state index in [1.165, 1.54) is 16.9 Å². The molecule has 2 aromatic heterocycles. The molecule has 0 atom stereocenters. The van der Waals surface area contributed by atoms with Gasteiger partial charge in [0.25, 0.3) is 11.8 Å². The number of thiazole rings is 1. The van der Waals surface area contributed by atoms with Crippen molar-refractivity contribution in [1.29, 1.82) is 0 Å². The molecule has 1 aliphatic heterocycles. The minimum Gasteiger partial charge on any atom is -0.484 e. The van der Waals surface area contributed by atoms with Gasteiger partial charge in [-0.15, -0.1) is 11.3 Å². The zero-order valence-electron chi connectivity index (χ0n) is 18.2. The minimum absolute atomic E-state index is 0.00245. The molecule has 0 radical (unpaired) electrons. The van der Waals surface area contributed by atoms with Gasteiger partial charge in [-0.05, 0) is 62.1 Å². The van der Waals surface area contributed by atoms with Crippen molar-refractivity contribution in [3.63, 3.8) is 0 Å². The largest absolute Gasteiger partial charge is 0.484 e. The van der Waals surface area contributed by atoms with Gasteiger partial charge in [-0.1, -0.05) is 6.07 Å². The summed E-state index contributed by atoms with van der Waals surface area (Å²) in [6.07, 6.45) is 4.91. The summed E-state index contributed by atoms with van der Waals surface area (Å²) in [6, 6.07) is 9.41. The zero-order valence-corrected chi connectivity index (χ0v) is 19.0. The quantitative estimate of drug-likeness (QED) is 0.609. The van der Waals surface area contributed by atoms with Crippen molar-refractivity contribution in [1.82, 2.24) is 14.9 Å². The number of rotatable bonds is 6. The van der Waals surface area contributed by atoms with Gasteiger partial charge in [-0.25, -0.2) is 4.98 Å². The van der Waals surface area contributed by atoms with Crippen molar-refractivity contribution in [3.8, 4) is 5.75 Å². The molecule has 1 N–H and O–H groups in total. The van der Waals surface area contributed by atoms with Crippen molar-refractivity contribution >= 4 is 28.8 Å².